The molecular weight excluding hydrogens is 264 g/mol. The first-order valence-corrected chi connectivity index (χ1v) is 7.72. The van der Waals surface area contributed by atoms with Crippen LogP contribution in [0.25, 0.3) is 0 Å². The first-order chi connectivity index (χ1) is 10.1. The standard InChI is InChI=1S/C17H26N2O2/c1-13(15-6-8-17(21-3)9-7-15)11-19-10-4-5-16(12-19)18-14(2)20/h6-9,13,16H,4-5,10-12H2,1-3H3,(H,18,20)/t13-,16+/m0/s1. The highest BCUT2D eigenvalue weighted by molar-refractivity contribution is 5.73. The molecule has 116 valence electrons. The van der Waals surface area contributed by atoms with Crippen LogP contribution in [0.3, 0.4) is 0 Å². The predicted molar refractivity (Wildman–Crippen MR) is 84.7 cm³/mol. The fourth-order valence-electron chi connectivity index (χ4n) is 3.05. The molecule has 4 heteroatoms. The molecule has 0 unspecified atom stereocenters. The highest BCUT2D eigenvalue weighted by Gasteiger charge is 2.22. The van der Waals surface area contributed by atoms with Gasteiger partial charge in [0.25, 0.3) is 0 Å². The Balaban J connectivity index is 1.88. The minimum atomic E-state index is 0.0741. The summed E-state index contributed by atoms with van der Waals surface area (Å²) in [6, 6.07) is 8.61. The number of carbonyl (C=O) groups is 1. The zero-order chi connectivity index (χ0) is 15.2. The molecular formula is C17H26N2O2. The predicted octanol–water partition coefficient (Wildman–Crippen LogP) is 2.40. The van der Waals surface area contributed by atoms with Crippen LogP contribution in [0, 0.1) is 0 Å². The summed E-state index contributed by atoms with van der Waals surface area (Å²) in [5.41, 5.74) is 1.33. The average Bonchev–Trinajstić information content (AvgIpc) is 2.47. The molecule has 0 bridgehead atoms. The van der Waals surface area contributed by atoms with E-state index in [-0.39, 0.29) is 5.91 Å². The molecule has 0 spiro atoms. The van der Waals surface area contributed by atoms with E-state index < -0.39 is 0 Å². The number of hydrogen-bond acceptors (Lipinski definition) is 3. The van der Waals surface area contributed by atoms with Crippen molar-refractivity contribution in [2.45, 2.75) is 38.6 Å². The monoisotopic (exact) mass is 290 g/mol. The third kappa shape index (κ3) is 4.74. The van der Waals surface area contributed by atoms with Crippen LogP contribution in [-0.2, 0) is 4.79 Å². The van der Waals surface area contributed by atoms with E-state index in [0.29, 0.717) is 12.0 Å². The number of likely N-dealkylation sites (tertiary alicyclic amines) is 1. The summed E-state index contributed by atoms with van der Waals surface area (Å²) >= 11 is 0. The Morgan fingerprint density at radius 2 is 2.14 bits per heavy atom. The Kier molecular flexibility index (Phi) is 5.62. The molecule has 0 aromatic heterocycles. The Morgan fingerprint density at radius 1 is 1.43 bits per heavy atom. The Bertz CT molecular complexity index is 458. The maximum atomic E-state index is 11.2. The second kappa shape index (κ2) is 7.46. The summed E-state index contributed by atoms with van der Waals surface area (Å²) in [5.74, 6) is 1.45. The van der Waals surface area contributed by atoms with Crippen LogP contribution in [0.2, 0.25) is 0 Å². The van der Waals surface area contributed by atoms with Gasteiger partial charge in [-0.2, -0.15) is 0 Å². The van der Waals surface area contributed by atoms with Crippen LogP contribution in [0.5, 0.6) is 5.75 Å². The van der Waals surface area contributed by atoms with Crippen molar-refractivity contribution in [2.24, 2.45) is 0 Å². The molecule has 4 nitrogen and oxygen atoms in total. The van der Waals surface area contributed by atoms with Crippen molar-refractivity contribution in [3.63, 3.8) is 0 Å². The summed E-state index contributed by atoms with van der Waals surface area (Å²) in [5, 5.41) is 3.04. The molecule has 0 radical (unpaired) electrons. The lowest BCUT2D eigenvalue weighted by Crippen LogP contribution is -2.47. The maximum Gasteiger partial charge on any atom is 0.217 e. The Morgan fingerprint density at radius 3 is 2.76 bits per heavy atom. The first-order valence-electron chi connectivity index (χ1n) is 7.72. The minimum absolute atomic E-state index is 0.0741. The normalized spacial score (nSPS) is 20.8. The van der Waals surface area contributed by atoms with Gasteiger partial charge in [0.2, 0.25) is 5.91 Å². The van der Waals surface area contributed by atoms with Gasteiger partial charge in [-0.3, -0.25) is 4.79 Å². The van der Waals surface area contributed by atoms with Gasteiger partial charge in [-0.1, -0.05) is 19.1 Å². The number of carbonyl (C=O) groups excluding carboxylic acids is 1. The van der Waals surface area contributed by atoms with Gasteiger partial charge in [-0.25, -0.2) is 0 Å². The molecule has 0 saturated carbocycles. The lowest BCUT2D eigenvalue weighted by atomic mass is 9.98. The molecule has 0 aliphatic carbocycles. The fourth-order valence-corrected chi connectivity index (χ4v) is 3.05. The van der Waals surface area contributed by atoms with E-state index in [1.54, 1.807) is 14.0 Å². The van der Waals surface area contributed by atoms with Crippen molar-refractivity contribution >= 4 is 5.91 Å². The van der Waals surface area contributed by atoms with Gasteiger partial charge in [-0.05, 0) is 43.0 Å². The van der Waals surface area contributed by atoms with E-state index in [0.717, 1.165) is 38.2 Å². The van der Waals surface area contributed by atoms with Gasteiger partial charge in [0.15, 0.2) is 0 Å². The average molecular weight is 290 g/mol. The number of nitrogens with zero attached hydrogens (tertiary/aromatic N) is 1. The second-order valence-electron chi connectivity index (χ2n) is 5.97. The summed E-state index contributed by atoms with van der Waals surface area (Å²) in [6.45, 7) is 6.96. The third-order valence-electron chi connectivity index (χ3n) is 4.13. The summed E-state index contributed by atoms with van der Waals surface area (Å²) in [6.07, 6.45) is 2.24. The zero-order valence-electron chi connectivity index (χ0n) is 13.3. The molecule has 1 heterocycles. The van der Waals surface area contributed by atoms with Crippen molar-refractivity contribution < 1.29 is 9.53 Å². The number of rotatable bonds is 5. The SMILES string of the molecule is COc1ccc([C@@H](C)CN2CCC[C@@H](NC(C)=O)C2)cc1. The summed E-state index contributed by atoms with van der Waals surface area (Å²) < 4.78 is 5.20. The second-order valence-corrected chi connectivity index (χ2v) is 5.97. The number of amides is 1. The summed E-state index contributed by atoms with van der Waals surface area (Å²) in [7, 11) is 1.69. The first kappa shape index (κ1) is 15.8. The molecule has 1 amide bonds. The number of hydrogen-bond donors (Lipinski definition) is 1. The third-order valence-corrected chi connectivity index (χ3v) is 4.13. The number of methoxy groups -OCH3 is 1. The van der Waals surface area contributed by atoms with Crippen molar-refractivity contribution in [3.8, 4) is 5.75 Å². The van der Waals surface area contributed by atoms with Gasteiger partial charge < -0.3 is 15.0 Å². The largest absolute Gasteiger partial charge is 0.497 e. The van der Waals surface area contributed by atoms with Crippen LogP contribution in [0.1, 0.15) is 38.2 Å². The van der Waals surface area contributed by atoms with E-state index >= 15 is 0 Å². The van der Waals surface area contributed by atoms with Crippen LogP contribution < -0.4 is 10.1 Å². The molecule has 1 aromatic rings. The molecule has 1 aliphatic heterocycles. The van der Waals surface area contributed by atoms with Crippen molar-refractivity contribution in [3.05, 3.63) is 29.8 Å². The quantitative estimate of drug-likeness (QED) is 0.905. The molecule has 2 atom stereocenters. The number of piperidine rings is 1. The van der Waals surface area contributed by atoms with Gasteiger partial charge >= 0.3 is 0 Å². The molecule has 2 rings (SSSR count). The number of ether oxygens (including phenoxy) is 1. The smallest absolute Gasteiger partial charge is 0.217 e. The minimum Gasteiger partial charge on any atom is -0.497 e. The van der Waals surface area contributed by atoms with Gasteiger partial charge in [-0.15, -0.1) is 0 Å². The van der Waals surface area contributed by atoms with E-state index in [1.165, 1.54) is 5.56 Å². The Labute approximate surface area is 127 Å². The van der Waals surface area contributed by atoms with E-state index in [2.05, 4.69) is 29.3 Å². The van der Waals surface area contributed by atoms with Gasteiger partial charge in [0, 0.05) is 26.1 Å². The molecule has 1 N–H and O–H groups in total. The molecule has 1 saturated heterocycles. The molecule has 1 aromatic carbocycles. The van der Waals surface area contributed by atoms with Crippen molar-refractivity contribution in [1.82, 2.24) is 10.2 Å². The highest BCUT2D eigenvalue weighted by atomic mass is 16.5. The van der Waals surface area contributed by atoms with Gasteiger partial charge in [0.1, 0.15) is 5.75 Å². The van der Waals surface area contributed by atoms with Crippen LogP contribution in [0.4, 0.5) is 0 Å². The maximum absolute atomic E-state index is 11.2. The van der Waals surface area contributed by atoms with E-state index in [4.69, 9.17) is 4.74 Å². The van der Waals surface area contributed by atoms with Crippen LogP contribution >= 0.6 is 0 Å². The number of benzene rings is 1. The van der Waals surface area contributed by atoms with Crippen LogP contribution in [-0.4, -0.2) is 43.6 Å². The van der Waals surface area contributed by atoms with Crippen molar-refractivity contribution in [1.29, 1.82) is 0 Å². The number of nitrogens with one attached hydrogen (secondary N) is 1. The zero-order valence-corrected chi connectivity index (χ0v) is 13.3. The lowest BCUT2D eigenvalue weighted by Gasteiger charge is -2.34. The molecule has 21 heavy (non-hydrogen) atoms. The molecule has 1 fully saturated rings. The van der Waals surface area contributed by atoms with Gasteiger partial charge in [0.05, 0.1) is 7.11 Å². The van der Waals surface area contributed by atoms with E-state index in [9.17, 15) is 4.79 Å². The van der Waals surface area contributed by atoms with Crippen LogP contribution in [0.15, 0.2) is 24.3 Å². The van der Waals surface area contributed by atoms with Crippen molar-refractivity contribution in [2.75, 3.05) is 26.7 Å². The Hall–Kier alpha value is -1.55. The van der Waals surface area contributed by atoms with E-state index in [1.807, 2.05) is 12.1 Å². The fraction of sp³-hybridized carbons (Fsp3) is 0.588. The lowest BCUT2D eigenvalue weighted by molar-refractivity contribution is -0.120. The molecule has 1 aliphatic rings. The summed E-state index contributed by atoms with van der Waals surface area (Å²) in [4.78, 5) is 13.6. The highest BCUT2D eigenvalue weighted by Crippen LogP contribution is 2.21. The topological polar surface area (TPSA) is 41.6 Å².